The zero-order chi connectivity index (χ0) is 19.0. The number of hydrogen-bond acceptors (Lipinski definition) is 4. The number of likely N-dealkylation sites (tertiary alicyclic amines) is 1. The number of amides is 1. The quantitative estimate of drug-likeness (QED) is 0.724. The lowest BCUT2D eigenvalue weighted by molar-refractivity contribution is -0.133. The number of fused-ring (bicyclic) bond motifs is 1. The summed E-state index contributed by atoms with van der Waals surface area (Å²) in [6.45, 7) is 3.18. The van der Waals surface area contributed by atoms with Gasteiger partial charge in [-0.25, -0.2) is 9.78 Å². The third kappa shape index (κ3) is 3.42. The molecule has 1 amide bonds. The minimum atomic E-state index is -0.572. The Balaban J connectivity index is 1.51. The molecule has 0 radical (unpaired) electrons. The minimum absolute atomic E-state index is 0.0818. The van der Waals surface area contributed by atoms with Crippen molar-refractivity contribution in [1.82, 2.24) is 24.4 Å². The van der Waals surface area contributed by atoms with Crippen molar-refractivity contribution in [2.75, 3.05) is 13.1 Å². The van der Waals surface area contributed by atoms with Crippen LogP contribution in [0.2, 0.25) is 0 Å². The van der Waals surface area contributed by atoms with E-state index in [1.54, 1.807) is 4.90 Å². The second kappa shape index (κ2) is 6.86. The van der Waals surface area contributed by atoms with Crippen LogP contribution in [-0.4, -0.2) is 43.4 Å². The van der Waals surface area contributed by atoms with Gasteiger partial charge in [-0.2, -0.15) is 0 Å². The first-order chi connectivity index (χ1) is 13.0. The average molecular weight is 367 g/mol. The number of benzene rings is 1. The lowest BCUT2D eigenvalue weighted by Gasteiger charge is -2.32. The van der Waals surface area contributed by atoms with E-state index in [0.717, 1.165) is 35.3 Å². The number of aromatic amines is 2. The molecule has 4 rings (SSSR count). The van der Waals surface area contributed by atoms with Gasteiger partial charge in [0.1, 0.15) is 12.4 Å². The number of nitrogens with zero attached hydrogens (tertiary/aromatic N) is 3. The summed E-state index contributed by atoms with van der Waals surface area (Å²) in [7, 11) is 0. The third-order valence-corrected chi connectivity index (χ3v) is 5.10. The normalized spacial score (nSPS) is 17.4. The number of aromatic nitrogens is 4. The minimum Gasteiger partial charge on any atom is -0.342 e. The van der Waals surface area contributed by atoms with Gasteiger partial charge in [0.15, 0.2) is 0 Å². The molecule has 8 nitrogen and oxygen atoms in total. The fraction of sp³-hybridized carbons (Fsp3) is 0.368. The van der Waals surface area contributed by atoms with Gasteiger partial charge in [0, 0.05) is 31.3 Å². The Hall–Kier alpha value is -3.16. The summed E-state index contributed by atoms with van der Waals surface area (Å²) < 4.78 is 1.22. The zero-order valence-electron chi connectivity index (χ0n) is 15.1. The summed E-state index contributed by atoms with van der Waals surface area (Å²) in [5, 5.41) is 0. The molecule has 1 fully saturated rings. The van der Waals surface area contributed by atoms with Gasteiger partial charge in [-0.1, -0.05) is 12.1 Å². The van der Waals surface area contributed by atoms with Crippen LogP contribution in [0, 0.1) is 6.92 Å². The number of imidazole rings is 1. The van der Waals surface area contributed by atoms with Gasteiger partial charge in [0.25, 0.3) is 5.56 Å². The predicted octanol–water partition coefficient (Wildman–Crippen LogP) is 1.13. The number of rotatable bonds is 3. The van der Waals surface area contributed by atoms with Gasteiger partial charge in [-0.05, 0) is 31.4 Å². The Morgan fingerprint density at radius 3 is 2.89 bits per heavy atom. The molecule has 0 aliphatic carbocycles. The molecule has 1 saturated heterocycles. The second-order valence-electron chi connectivity index (χ2n) is 7.01. The van der Waals surface area contributed by atoms with Crippen LogP contribution in [-0.2, 0) is 11.3 Å². The number of piperidine rings is 1. The summed E-state index contributed by atoms with van der Waals surface area (Å²) in [6.07, 6.45) is 3.19. The van der Waals surface area contributed by atoms with Crippen molar-refractivity contribution in [3.05, 3.63) is 62.7 Å². The molecule has 3 heterocycles. The van der Waals surface area contributed by atoms with Crippen LogP contribution in [0.5, 0.6) is 0 Å². The molecule has 140 valence electrons. The summed E-state index contributed by atoms with van der Waals surface area (Å²) >= 11 is 0. The largest absolute Gasteiger partial charge is 0.342 e. The Morgan fingerprint density at radius 2 is 2.11 bits per heavy atom. The molecule has 0 spiro atoms. The number of carbonyl (C=O) groups excluding carboxylic acids is 1. The van der Waals surface area contributed by atoms with Crippen LogP contribution in [0.25, 0.3) is 11.0 Å². The first-order valence-corrected chi connectivity index (χ1v) is 9.04. The highest BCUT2D eigenvalue weighted by molar-refractivity contribution is 5.79. The highest BCUT2D eigenvalue weighted by Gasteiger charge is 2.27. The molecule has 1 aromatic carbocycles. The Morgan fingerprint density at radius 1 is 1.26 bits per heavy atom. The molecule has 0 bridgehead atoms. The topological polar surface area (TPSA) is 104 Å². The van der Waals surface area contributed by atoms with Crippen molar-refractivity contribution in [2.24, 2.45) is 0 Å². The van der Waals surface area contributed by atoms with Crippen LogP contribution in [0.15, 0.2) is 40.1 Å². The molecule has 3 aromatic rings. The third-order valence-electron chi connectivity index (χ3n) is 5.10. The highest BCUT2D eigenvalue weighted by atomic mass is 16.2. The van der Waals surface area contributed by atoms with Crippen molar-refractivity contribution in [3.63, 3.8) is 0 Å². The van der Waals surface area contributed by atoms with Gasteiger partial charge in [-0.3, -0.25) is 19.1 Å². The molecule has 1 atom stereocenters. The lowest BCUT2D eigenvalue weighted by atomic mass is 9.97. The molecule has 2 aromatic heterocycles. The Kier molecular flexibility index (Phi) is 4.39. The van der Waals surface area contributed by atoms with Crippen molar-refractivity contribution in [3.8, 4) is 0 Å². The first kappa shape index (κ1) is 17.3. The van der Waals surface area contributed by atoms with Gasteiger partial charge < -0.3 is 9.88 Å². The van der Waals surface area contributed by atoms with E-state index in [1.165, 1.54) is 16.8 Å². The molecule has 2 N–H and O–H groups in total. The molecular formula is C19H21N5O3. The second-order valence-corrected chi connectivity index (χ2v) is 7.01. The predicted molar refractivity (Wildman–Crippen MR) is 101 cm³/mol. The number of aryl methyl sites for hydroxylation is 1. The van der Waals surface area contributed by atoms with E-state index in [2.05, 4.69) is 9.97 Å². The maximum absolute atomic E-state index is 12.7. The molecule has 27 heavy (non-hydrogen) atoms. The number of carbonyl (C=O) groups is 1. The molecule has 0 unspecified atom stereocenters. The SMILES string of the molecule is Cc1cccc2[nH]c([C@H]3CCCN(C(=O)Cn4ccc(=O)[nH]c4=O)C3)nc12. The van der Waals surface area contributed by atoms with Crippen molar-refractivity contribution < 1.29 is 4.79 Å². The number of nitrogens with one attached hydrogen (secondary N) is 2. The van der Waals surface area contributed by atoms with Crippen LogP contribution in [0.4, 0.5) is 0 Å². The van der Waals surface area contributed by atoms with E-state index >= 15 is 0 Å². The molecule has 1 aliphatic rings. The van der Waals surface area contributed by atoms with Crippen molar-refractivity contribution >= 4 is 16.9 Å². The monoisotopic (exact) mass is 367 g/mol. The average Bonchev–Trinajstić information content (AvgIpc) is 3.10. The van der Waals surface area contributed by atoms with E-state index in [1.807, 2.05) is 25.1 Å². The smallest absolute Gasteiger partial charge is 0.328 e. The van der Waals surface area contributed by atoms with Crippen LogP contribution >= 0.6 is 0 Å². The Bertz CT molecular complexity index is 1110. The standard InChI is InChI=1S/C19H21N5O3/c1-12-4-2-6-14-17(12)22-18(20-14)13-5-3-8-23(10-13)16(26)11-24-9-7-15(25)21-19(24)27/h2,4,6-7,9,13H,3,5,8,10-11H2,1H3,(H,20,22)(H,21,25,27)/t13-/m0/s1. The van der Waals surface area contributed by atoms with Gasteiger partial charge in [-0.15, -0.1) is 0 Å². The fourth-order valence-corrected chi connectivity index (χ4v) is 3.63. The van der Waals surface area contributed by atoms with Gasteiger partial charge in [0.2, 0.25) is 5.91 Å². The van der Waals surface area contributed by atoms with E-state index in [-0.39, 0.29) is 18.4 Å². The maximum atomic E-state index is 12.7. The fourth-order valence-electron chi connectivity index (χ4n) is 3.63. The van der Waals surface area contributed by atoms with Crippen molar-refractivity contribution in [2.45, 2.75) is 32.2 Å². The van der Waals surface area contributed by atoms with Gasteiger partial charge in [0.05, 0.1) is 11.0 Å². The Labute approximate surface area is 154 Å². The molecular weight excluding hydrogens is 346 g/mol. The molecule has 8 heteroatoms. The zero-order valence-corrected chi connectivity index (χ0v) is 15.1. The van der Waals surface area contributed by atoms with E-state index in [4.69, 9.17) is 4.98 Å². The summed E-state index contributed by atoms with van der Waals surface area (Å²) in [6, 6.07) is 7.28. The summed E-state index contributed by atoms with van der Waals surface area (Å²) in [5.41, 5.74) is 2.05. The first-order valence-electron chi connectivity index (χ1n) is 9.04. The number of hydrogen-bond donors (Lipinski definition) is 2. The number of H-pyrrole nitrogens is 2. The van der Waals surface area contributed by atoms with E-state index in [9.17, 15) is 14.4 Å². The lowest BCUT2D eigenvalue weighted by Crippen LogP contribution is -2.43. The van der Waals surface area contributed by atoms with Gasteiger partial charge >= 0.3 is 5.69 Å². The van der Waals surface area contributed by atoms with E-state index < -0.39 is 11.2 Å². The van der Waals surface area contributed by atoms with Crippen LogP contribution in [0.1, 0.15) is 30.1 Å². The molecule has 1 aliphatic heterocycles. The maximum Gasteiger partial charge on any atom is 0.328 e. The van der Waals surface area contributed by atoms with Crippen LogP contribution in [0.3, 0.4) is 0 Å². The number of para-hydroxylation sites is 1. The van der Waals surface area contributed by atoms with Crippen LogP contribution < -0.4 is 11.2 Å². The van der Waals surface area contributed by atoms with Crippen molar-refractivity contribution in [1.29, 1.82) is 0 Å². The van der Waals surface area contributed by atoms with E-state index in [0.29, 0.717) is 13.1 Å². The molecule has 0 saturated carbocycles. The highest BCUT2D eigenvalue weighted by Crippen LogP contribution is 2.27. The summed E-state index contributed by atoms with van der Waals surface area (Å²) in [4.78, 5) is 47.7. The summed E-state index contributed by atoms with van der Waals surface area (Å²) in [5.74, 6) is 0.904.